The summed E-state index contributed by atoms with van der Waals surface area (Å²) in [4.78, 5) is 7.14. The summed E-state index contributed by atoms with van der Waals surface area (Å²) in [6, 6.07) is 2.10. The van der Waals surface area contributed by atoms with Gasteiger partial charge in [0, 0.05) is 42.9 Å². The molecule has 2 N–H and O–H groups in total. The molecule has 18 heavy (non-hydrogen) atoms. The lowest BCUT2D eigenvalue weighted by molar-refractivity contribution is 0.242. The Balaban J connectivity index is 2.62. The van der Waals surface area contributed by atoms with Gasteiger partial charge in [-0.3, -0.25) is 9.88 Å². The molecule has 0 radical (unpaired) electrons. The predicted molar refractivity (Wildman–Crippen MR) is 83.5 cm³/mol. The molecule has 0 saturated carbocycles. The van der Waals surface area contributed by atoms with Crippen LogP contribution < -0.4 is 5.73 Å². The van der Waals surface area contributed by atoms with E-state index in [0.717, 1.165) is 30.5 Å². The van der Waals surface area contributed by atoms with E-state index in [1.807, 2.05) is 6.20 Å². The molecule has 100 valence electrons. The molecule has 0 saturated heterocycles. The van der Waals surface area contributed by atoms with Crippen molar-refractivity contribution in [1.29, 1.82) is 0 Å². The van der Waals surface area contributed by atoms with Crippen molar-refractivity contribution in [1.82, 2.24) is 9.88 Å². The van der Waals surface area contributed by atoms with Crippen molar-refractivity contribution in [2.75, 3.05) is 13.1 Å². The third-order valence-corrected chi connectivity index (χ3v) is 3.10. The maximum atomic E-state index is 5.57. The van der Waals surface area contributed by atoms with E-state index in [4.69, 9.17) is 18.0 Å². The fourth-order valence-electron chi connectivity index (χ4n) is 1.82. The van der Waals surface area contributed by atoms with E-state index in [9.17, 15) is 0 Å². The van der Waals surface area contributed by atoms with Crippen molar-refractivity contribution >= 4 is 33.1 Å². The molecule has 0 unspecified atom stereocenters. The SMILES string of the molecule is CC(C)CN(CCC(N)=S)Cc1cncc(Br)c1. The van der Waals surface area contributed by atoms with Crippen LogP contribution in [0.3, 0.4) is 0 Å². The molecule has 3 nitrogen and oxygen atoms in total. The highest BCUT2D eigenvalue weighted by Gasteiger charge is 2.09. The van der Waals surface area contributed by atoms with Gasteiger partial charge in [0.25, 0.3) is 0 Å². The molecule has 0 atom stereocenters. The molecule has 1 aromatic heterocycles. The van der Waals surface area contributed by atoms with Crippen LogP contribution in [0.1, 0.15) is 25.8 Å². The van der Waals surface area contributed by atoms with Gasteiger partial charge in [-0.1, -0.05) is 26.1 Å². The first-order valence-electron chi connectivity index (χ1n) is 6.07. The van der Waals surface area contributed by atoms with Gasteiger partial charge in [0.1, 0.15) is 0 Å². The molecular weight excluding hydrogens is 310 g/mol. The summed E-state index contributed by atoms with van der Waals surface area (Å²) in [5.41, 5.74) is 6.78. The van der Waals surface area contributed by atoms with Crippen LogP contribution in [0.15, 0.2) is 22.9 Å². The van der Waals surface area contributed by atoms with Crippen molar-refractivity contribution in [2.45, 2.75) is 26.8 Å². The Labute approximate surface area is 123 Å². The summed E-state index contributed by atoms with van der Waals surface area (Å²) in [5.74, 6) is 0.622. The molecule has 0 aliphatic rings. The van der Waals surface area contributed by atoms with Crippen molar-refractivity contribution in [3.05, 3.63) is 28.5 Å². The van der Waals surface area contributed by atoms with Crippen LogP contribution in [-0.2, 0) is 6.54 Å². The third kappa shape index (κ3) is 6.42. The highest BCUT2D eigenvalue weighted by Crippen LogP contribution is 2.13. The molecule has 1 heterocycles. The van der Waals surface area contributed by atoms with Crippen molar-refractivity contribution < 1.29 is 0 Å². The molecule has 0 aliphatic carbocycles. The van der Waals surface area contributed by atoms with Gasteiger partial charge in [-0.2, -0.15) is 0 Å². The van der Waals surface area contributed by atoms with Gasteiger partial charge < -0.3 is 5.73 Å². The largest absolute Gasteiger partial charge is 0.393 e. The van der Waals surface area contributed by atoms with E-state index in [1.165, 1.54) is 5.56 Å². The molecule has 0 bridgehead atoms. The maximum absolute atomic E-state index is 5.57. The van der Waals surface area contributed by atoms with Gasteiger partial charge in [0.15, 0.2) is 0 Å². The molecule has 0 aliphatic heterocycles. The summed E-state index contributed by atoms with van der Waals surface area (Å²) in [7, 11) is 0. The van der Waals surface area contributed by atoms with Gasteiger partial charge in [0.2, 0.25) is 0 Å². The van der Waals surface area contributed by atoms with Crippen LogP contribution >= 0.6 is 28.1 Å². The van der Waals surface area contributed by atoms with Gasteiger partial charge in [-0.15, -0.1) is 0 Å². The van der Waals surface area contributed by atoms with Gasteiger partial charge in [-0.05, 0) is 33.5 Å². The van der Waals surface area contributed by atoms with Gasteiger partial charge in [0.05, 0.1) is 4.99 Å². The Morgan fingerprint density at radius 3 is 2.78 bits per heavy atom. The molecule has 0 aromatic carbocycles. The zero-order valence-corrected chi connectivity index (χ0v) is 13.3. The number of nitrogens with two attached hydrogens (primary N) is 1. The topological polar surface area (TPSA) is 42.1 Å². The Kier molecular flexibility index (Phi) is 6.75. The number of aromatic nitrogens is 1. The zero-order chi connectivity index (χ0) is 13.5. The standard InChI is InChI=1S/C13H20BrN3S/c1-10(2)8-17(4-3-13(15)18)9-11-5-12(14)7-16-6-11/h5-7,10H,3-4,8-9H2,1-2H3,(H2,15,18). The molecular formula is C13H20BrN3S. The lowest BCUT2D eigenvalue weighted by Crippen LogP contribution is -2.30. The summed E-state index contributed by atoms with van der Waals surface area (Å²) >= 11 is 8.39. The fourth-order valence-corrected chi connectivity index (χ4v) is 2.32. The number of halogens is 1. The minimum Gasteiger partial charge on any atom is -0.393 e. The van der Waals surface area contributed by atoms with E-state index in [0.29, 0.717) is 10.9 Å². The van der Waals surface area contributed by atoms with Crippen LogP contribution in [0.25, 0.3) is 0 Å². The number of pyridine rings is 1. The Morgan fingerprint density at radius 1 is 1.50 bits per heavy atom. The second-order valence-electron chi connectivity index (χ2n) is 4.86. The number of thiocarbonyl (C=S) groups is 1. The highest BCUT2D eigenvalue weighted by atomic mass is 79.9. The summed E-state index contributed by atoms with van der Waals surface area (Å²) in [6.45, 7) is 7.25. The summed E-state index contributed by atoms with van der Waals surface area (Å²) < 4.78 is 1.01. The fraction of sp³-hybridized carbons (Fsp3) is 0.538. The van der Waals surface area contributed by atoms with Crippen LogP contribution in [0.2, 0.25) is 0 Å². The Morgan fingerprint density at radius 2 is 2.22 bits per heavy atom. The van der Waals surface area contributed by atoms with E-state index in [-0.39, 0.29) is 0 Å². The maximum Gasteiger partial charge on any atom is 0.0740 e. The summed E-state index contributed by atoms with van der Waals surface area (Å²) in [6.07, 6.45) is 4.47. The van der Waals surface area contributed by atoms with E-state index in [2.05, 4.69) is 45.7 Å². The number of hydrogen-bond donors (Lipinski definition) is 1. The van der Waals surface area contributed by atoms with Crippen molar-refractivity contribution in [3.8, 4) is 0 Å². The van der Waals surface area contributed by atoms with Crippen molar-refractivity contribution in [3.63, 3.8) is 0 Å². The first kappa shape index (κ1) is 15.5. The first-order valence-corrected chi connectivity index (χ1v) is 7.27. The first-order chi connectivity index (χ1) is 8.47. The van der Waals surface area contributed by atoms with Crippen molar-refractivity contribution in [2.24, 2.45) is 11.7 Å². The van der Waals surface area contributed by atoms with Gasteiger partial charge in [-0.25, -0.2) is 0 Å². The van der Waals surface area contributed by atoms with Gasteiger partial charge >= 0.3 is 0 Å². The molecule has 1 aromatic rings. The second-order valence-corrected chi connectivity index (χ2v) is 6.30. The zero-order valence-electron chi connectivity index (χ0n) is 10.9. The molecule has 0 amide bonds. The molecule has 5 heteroatoms. The lowest BCUT2D eigenvalue weighted by Gasteiger charge is -2.24. The third-order valence-electron chi connectivity index (χ3n) is 2.47. The summed E-state index contributed by atoms with van der Waals surface area (Å²) in [5, 5.41) is 0. The molecule has 0 fully saturated rings. The number of nitrogens with zero attached hydrogens (tertiary/aromatic N) is 2. The molecule has 0 spiro atoms. The minimum absolute atomic E-state index is 0.580. The van der Waals surface area contributed by atoms with Crippen LogP contribution in [-0.4, -0.2) is 28.0 Å². The Hall–Kier alpha value is -0.520. The number of rotatable bonds is 7. The smallest absolute Gasteiger partial charge is 0.0740 e. The predicted octanol–water partition coefficient (Wildman–Crippen LogP) is 2.98. The van der Waals surface area contributed by atoms with Crippen LogP contribution in [0, 0.1) is 5.92 Å². The van der Waals surface area contributed by atoms with E-state index < -0.39 is 0 Å². The average Bonchev–Trinajstić information content (AvgIpc) is 2.25. The minimum atomic E-state index is 0.580. The molecule has 1 rings (SSSR count). The lowest BCUT2D eigenvalue weighted by atomic mass is 10.2. The quantitative estimate of drug-likeness (QED) is 0.781. The Bertz CT molecular complexity index is 396. The second kappa shape index (κ2) is 7.81. The number of hydrogen-bond acceptors (Lipinski definition) is 3. The van der Waals surface area contributed by atoms with Crippen LogP contribution in [0.4, 0.5) is 0 Å². The highest BCUT2D eigenvalue weighted by molar-refractivity contribution is 9.10. The normalized spacial score (nSPS) is 11.2. The van der Waals surface area contributed by atoms with E-state index in [1.54, 1.807) is 6.20 Å². The average molecular weight is 330 g/mol. The van der Waals surface area contributed by atoms with Crippen LogP contribution in [0.5, 0.6) is 0 Å². The van der Waals surface area contributed by atoms with E-state index >= 15 is 0 Å². The monoisotopic (exact) mass is 329 g/mol.